The Kier molecular flexibility index (Phi) is 3.39. The molecule has 2 aromatic carbocycles. The summed E-state index contributed by atoms with van der Waals surface area (Å²) in [6.45, 7) is 1.89. The van der Waals surface area contributed by atoms with Crippen LogP contribution in [0.4, 0.5) is 4.39 Å². The first kappa shape index (κ1) is 13.5. The van der Waals surface area contributed by atoms with Crippen LogP contribution in [0.1, 0.15) is 30.3 Å². The van der Waals surface area contributed by atoms with Gasteiger partial charge < -0.3 is 4.98 Å². The lowest BCUT2D eigenvalue weighted by Gasteiger charge is -2.22. The summed E-state index contributed by atoms with van der Waals surface area (Å²) in [4.78, 5) is 10.6. The predicted octanol–water partition coefficient (Wildman–Crippen LogP) is 4.04. The van der Waals surface area contributed by atoms with Crippen molar-refractivity contribution < 1.29 is 4.39 Å². The van der Waals surface area contributed by atoms with Crippen molar-refractivity contribution in [3.63, 3.8) is 0 Å². The van der Waals surface area contributed by atoms with Crippen LogP contribution in [0.3, 0.4) is 0 Å². The Morgan fingerprint density at radius 3 is 2.77 bits per heavy atom. The van der Waals surface area contributed by atoms with Crippen molar-refractivity contribution in [3.8, 4) is 0 Å². The van der Waals surface area contributed by atoms with Gasteiger partial charge in [-0.2, -0.15) is 0 Å². The van der Waals surface area contributed by atoms with E-state index >= 15 is 0 Å². The summed E-state index contributed by atoms with van der Waals surface area (Å²) < 4.78 is 13.0. The molecule has 0 saturated carbocycles. The van der Waals surface area contributed by atoms with Crippen LogP contribution in [0.5, 0.6) is 0 Å². The summed E-state index contributed by atoms with van der Waals surface area (Å²) in [5.74, 6) is 0.861. The summed E-state index contributed by atoms with van der Waals surface area (Å²) in [5.41, 5.74) is 3.25. The number of imidazole rings is 1. The molecule has 1 saturated heterocycles. The molecular weight excluding hydrogens is 277 g/mol. The second-order valence-electron chi connectivity index (χ2n) is 5.89. The number of hydrogen-bond donors (Lipinski definition) is 1. The fraction of sp³-hybridized carbons (Fsp3) is 0.278. The maximum Gasteiger partial charge on any atom is 0.124 e. The van der Waals surface area contributed by atoms with Crippen LogP contribution in [0.2, 0.25) is 0 Å². The Balaban J connectivity index is 1.58. The van der Waals surface area contributed by atoms with E-state index in [9.17, 15) is 4.39 Å². The highest BCUT2D eigenvalue weighted by molar-refractivity contribution is 5.74. The number of para-hydroxylation sites is 2. The first-order valence-electron chi connectivity index (χ1n) is 7.73. The Hall–Kier alpha value is -2.20. The van der Waals surface area contributed by atoms with Gasteiger partial charge in [0.2, 0.25) is 0 Å². The smallest absolute Gasteiger partial charge is 0.124 e. The van der Waals surface area contributed by atoms with Crippen molar-refractivity contribution >= 4 is 11.0 Å². The summed E-state index contributed by atoms with van der Waals surface area (Å²) in [7, 11) is 0. The quantitative estimate of drug-likeness (QED) is 0.791. The average molecular weight is 295 g/mol. The molecule has 1 aliphatic rings. The fourth-order valence-corrected chi connectivity index (χ4v) is 3.28. The largest absolute Gasteiger partial charge is 0.341 e. The van der Waals surface area contributed by atoms with E-state index in [1.165, 1.54) is 18.6 Å². The number of nitrogens with one attached hydrogen (secondary N) is 1. The molecule has 0 amide bonds. The third-order valence-electron chi connectivity index (χ3n) is 4.39. The molecule has 2 heterocycles. The molecule has 1 aliphatic heterocycles. The van der Waals surface area contributed by atoms with E-state index in [1.54, 1.807) is 0 Å². The molecule has 3 nitrogen and oxygen atoms in total. The number of rotatable bonds is 3. The Morgan fingerprint density at radius 2 is 1.95 bits per heavy atom. The molecule has 0 bridgehead atoms. The number of H-pyrrole nitrogens is 1. The van der Waals surface area contributed by atoms with Gasteiger partial charge in [0.15, 0.2) is 0 Å². The number of aromatic amines is 1. The van der Waals surface area contributed by atoms with E-state index in [0.717, 1.165) is 41.9 Å². The van der Waals surface area contributed by atoms with Crippen LogP contribution in [0, 0.1) is 5.82 Å². The number of likely N-dealkylation sites (tertiary alicyclic amines) is 1. The molecule has 1 N–H and O–H groups in total. The van der Waals surface area contributed by atoms with E-state index in [0.29, 0.717) is 6.04 Å². The van der Waals surface area contributed by atoms with E-state index in [-0.39, 0.29) is 5.82 Å². The first-order valence-corrected chi connectivity index (χ1v) is 7.73. The standard InChI is InChI=1S/C18H18FN3/c19-14-9-7-13(8-10-14)12-22-11-3-6-17(22)18-20-15-4-1-2-5-16(15)21-18/h1-2,4-5,7-10,17H,3,6,11-12H2,(H,20,21). The van der Waals surface area contributed by atoms with E-state index in [2.05, 4.69) is 16.0 Å². The number of hydrogen-bond acceptors (Lipinski definition) is 2. The van der Waals surface area contributed by atoms with Crippen LogP contribution >= 0.6 is 0 Å². The van der Waals surface area contributed by atoms with Gasteiger partial charge in [-0.15, -0.1) is 0 Å². The third-order valence-corrected chi connectivity index (χ3v) is 4.39. The molecule has 1 aromatic heterocycles. The van der Waals surface area contributed by atoms with E-state index < -0.39 is 0 Å². The van der Waals surface area contributed by atoms with Gasteiger partial charge in [-0.25, -0.2) is 9.37 Å². The lowest BCUT2D eigenvalue weighted by Crippen LogP contribution is -2.23. The molecule has 4 heteroatoms. The van der Waals surface area contributed by atoms with Crippen molar-refractivity contribution in [2.75, 3.05) is 6.54 Å². The highest BCUT2D eigenvalue weighted by Gasteiger charge is 2.28. The monoisotopic (exact) mass is 295 g/mol. The van der Waals surface area contributed by atoms with Gasteiger partial charge in [-0.05, 0) is 49.2 Å². The molecule has 22 heavy (non-hydrogen) atoms. The van der Waals surface area contributed by atoms with Crippen LogP contribution in [0.25, 0.3) is 11.0 Å². The first-order chi connectivity index (χ1) is 10.8. The average Bonchev–Trinajstić information content (AvgIpc) is 3.15. The van der Waals surface area contributed by atoms with Crippen molar-refractivity contribution in [2.45, 2.75) is 25.4 Å². The fourth-order valence-electron chi connectivity index (χ4n) is 3.28. The van der Waals surface area contributed by atoms with Crippen molar-refractivity contribution in [2.24, 2.45) is 0 Å². The van der Waals surface area contributed by atoms with Crippen molar-refractivity contribution in [1.29, 1.82) is 0 Å². The number of fused-ring (bicyclic) bond motifs is 1. The lowest BCUT2D eigenvalue weighted by atomic mass is 10.1. The zero-order valence-electron chi connectivity index (χ0n) is 12.3. The molecule has 0 radical (unpaired) electrons. The number of halogens is 1. The summed E-state index contributed by atoms with van der Waals surface area (Å²) >= 11 is 0. The van der Waals surface area contributed by atoms with E-state index in [4.69, 9.17) is 4.98 Å². The predicted molar refractivity (Wildman–Crippen MR) is 84.9 cm³/mol. The van der Waals surface area contributed by atoms with Crippen molar-refractivity contribution in [1.82, 2.24) is 14.9 Å². The number of nitrogens with zero attached hydrogens (tertiary/aromatic N) is 2. The second kappa shape index (κ2) is 5.54. The van der Waals surface area contributed by atoms with Gasteiger partial charge in [0.25, 0.3) is 0 Å². The minimum Gasteiger partial charge on any atom is -0.341 e. The van der Waals surface area contributed by atoms with Crippen LogP contribution < -0.4 is 0 Å². The second-order valence-corrected chi connectivity index (χ2v) is 5.89. The number of aromatic nitrogens is 2. The maximum absolute atomic E-state index is 13.0. The van der Waals surface area contributed by atoms with Gasteiger partial charge in [0.05, 0.1) is 17.1 Å². The lowest BCUT2D eigenvalue weighted by molar-refractivity contribution is 0.241. The normalized spacial score (nSPS) is 19.0. The molecule has 3 aromatic rings. The minimum absolute atomic E-state index is 0.181. The van der Waals surface area contributed by atoms with Crippen molar-refractivity contribution in [3.05, 3.63) is 65.7 Å². The highest BCUT2D eigenvalue weighted by atomic mass is 19.1. The molecule has 1 unspecified atom stereocenters. The third kappa shape index (κ3) is 2.50. The minimum atomic E-state index is -0.181. The van der Waals surface area contributed by atoms with Gasteiger partial charge in [-0.1, -0.05) is 24.3 Å². The summed E-state index contributed by atoms with van der Waals surface area (Å²) in [6, 6.07) is 15.2. The zero-order valence-corrected chi connectivity index (χ0v) is 12.3. The van der Waals surface area contributed by atoms with Gasteiger partial charge in [-0.3, -0.25) is 4.90 Å². The zero-order chi connectivity index (χ0) is 14.9. The summed E-state index contributed by atoms with van der Waals surface area (Å²) in [5, 5.41) is 0. The Bertz CT molecular complexity index is 745. The highest BCUT2D eigenvalue weighted by Crippen LogP contribution is 2.32. The van der Waals surface area contributed by atoms with E-state index in [1.807, 2.05) is 30.3 Å². The molecule has 1 atom stereocenters. The molecule has 112 valence electrons. The van der Waals surface area contributed by atoms with Gasteiger partial charge in [0, 0.05) is 6.54 Å². The van der Waals surface area contributed by atoms with Gasteiger partial charge in [0.1, 0.15) is 11.6 Å². The SMILES string of the molecule is Fc1ccc(CN2CCCC2c2nc3ccccc3[nH]2)cc1. The molecule has 0 aliphatic carbocycles. The maximum atomic E-state index is 13.0. The van der Waals surface area contributed by atoms with Gasteiger partial charge >= 0.3 is 0 Å². The molecular formula is C18H18FN3. The summed E-state index contributed by atoms with van der Waals surface area (Å²) in [6.07, 6.45) is 2.28. The number of benzene rings is 2. The molecule has 1 fully saturated rings. The van der Waals surface area contributed by atoms with Crippen LogP contribution in [-0.4, -0.2) is 21.4 Å². The Morgan fingerprint density at radius 1 is 1.14 bits per heavy atom. The molecule has 0 spiro atoms. The Labute approximate surface area is 128 Å². The molecule has 4 rings (SSSR count). The van der Waals surface area contributed by atoms with Crippen LogP contribution in [0.15, 0.2) is 48.5 Å². The topological polar surface area (TPSA) is 31.9 Å². The van der Waals surface area contributed by atoms with Crippen LogP contribution in [-0.2, 0) is 6.54 Å².